The van der Waals surface area contributed by atoms with Gasteiger partial charge in [-0.05, 0) is 18.2 Å². The van der Waals surface area contributed by atoms with Gasteiger partial charge < -0.3 is 15.0 Å². The Bertz CT molecular complexity index is 734. The van der Waals surface area contributed by atoms with Gasteiger partial charge in [-0.15, -0.1) is 0 Å². The first-order valence-corrected chi connectivity index (χ1v) is 5.82. The summed E-state index contributed by atoms with van der Waals surface area (Å²) < 4.78 is 19.7. The highest BCUT2D eigenvalue weighted by atomic mass is 35.5. The van der Waals surface area contributed by atoms with E-state index in [0.29, 0.717) is 0 Å². The second-order valence-corrected chi connectivity index (χ2v) is 4.31. The average molecular weight is 294 g/mol. The highest BCUT2D eigenvalue weighted by Crippen LogP contribution is 2.27. The lowest BCUT2D eigenvalue weighted by atomic mass is 10.2. The predicted molar refractivity (Wildman–Crippen MR) is 71.2 cm³/mol. The summed E-state index contributed by atoms with van der Waals surface area (Å²) >= 11 is 5.68. The third-order valence-corrected chi connectivity index (χ3v) is 2.95. The van der Waals surface area contributed by atoms with Gasteiger partial charge in [0.1, 0.15) is 11.9 Å². The summed E-state index contributed by atoms with van der Waals surface area (Å²) in [4.78, 5) is 11.8. The van der Waals surface area contributed by atoms with Crippen LogP contribution in [0.2, 0.25) is 5.02 Å². The predicted octanol–water partition coefficient (Wildman–Crippen LogP) is 2.51. The van der Waals surface area contributed by atoms with Gasteiger partial charge in [0.2, 0.25) is 0 Å². The molecule has 0 spiro atoms. The Hall–Kier alpha value is -2.52. The molecule has 2 aromatic rings. The van der Waals surface area contributed by atoms with Crippen LogP contribution in [0.3, 0.4) is 0 Å². The van der Waals surface area contributed by atoms with Crippen molar-refractivity contribution in [1.82, 2.24) is 4.57 Å². The van der Waals surface area contributed by atoms with Crippen LogP contribution < -0.4 is 5.73 Å². The number of benzene rings is 1. The molecule has 102 valence electrons. The van der Waals surface area contributed by atoms with Crippen molar-refractivity contribution in [2.75, 3.05) is 12.8 Å². The Balaban J connectivity index is 2.74. The zero-order chi connectivity index (χ0) is 14.9. The maximum atomic E-state index is 13.9. The summed E-state index contributed by atoms with van der Waals surface area (Å²) in [7, 11) is 1.17. The van der Waals surface area contributed by atoms with E-state index in [2.05, 4.69) is 4.74 Å². The number of rotatable bonds is 2. The number of carbonyl (C=O) groups is 1. The van der Waals surface area contributed by atoms with Crippen molar-refractivity contribution in [2.24, 2.45) is 0 Å². The van der Waals surface area contributed by atoms with Gasteiger partial charge >= 0.3 is 5.97 Å². The molecule has 2 rings (SSSR count). The van der Waals surface area contributed by atoms with Crippen molar-refractivity contribution >= 4 is 23.3 Å². The van der Waals surface area contributed by atoms with Crippen molar-refractivity contribution in [2.45, 2.75) is 0 Å². The minimum Gasteiger partial charge on any atom is -0.464 e. The highest BCUT2D eigenvalue weighted by Gasteiger charge is 2.23. The lowest BCUT2D eigenvalue weighted by Gasteiger charge is -2.09. The number of nitrogens with two attached hydrogens (primary N) is 1. The number of nitriles is 1. The van der Waals surface area contributed by atoms with Crippen LogP contribution in [0.25, 0.3) is 5.69 Å². The fourth-order valence-electron chi connectivity index (χ4n) is 1.78. The number of anilines is 1. The Kier molecular flexibility index (Phi) is 3.63. The number of nitrogens with zero attached hydrogens (tertiary/aromatic N) is 2. The van der Waals surface area contributed by atoms with E-state index in [-0.39, 0.29) is 27.7 Å². The van der Waals surface area contributed by atoms with E-state index in [1.54, 1.807) is 0 Å². The molecule has 0 bridgehead atoms. The minimum absolute atomic E-state index is 0.0444. The van der Waals surface area contributed by atoms with Crippen molar-refractivity contribution in [3.05, 3.63) is 46.5 Å². The van der Waals surface area contributed by atoms with Gasteiger partial charge in [0, 0.05) is 11.2 Å². The third-order valence-electron chi connectivity index (χ3n) is 2.71. The first kappa shape index (κ1) is 13.9. The maximum absolute atomic E-state index is 13.9. The molecule has 0 aliphatic carbocycles. The molecule has 0 fully saturated rings. The van der Waals surface area contributed by atoms with Gasteiger partial charge in [0.25, 0.3) is 0 Å². The van der Waals surface area contributed by atoms with Gasteiger partial charge in [-0.2, -0.15) is 5.26 Å². The summed E-state index contributed by atoms with van der Waals surface area (Å²) in [5, 5.41) is 9.18. The Morgan fingerprint density at radius 3 is 2.80 bits per heavy atom. The molecule has 0 unspecified atom stereocenters. The molecular formula is C13H9ClFN3O2. The molecule has 7 heteroatoms. The summed E-state index contributed by atoms with van der Waals surface area (Å²) in [6.07, 6.45) is 1.27. The topological polar surface area (TPSA) is 81.0 Å². The number of carbonyl (C=O) groups excluding carboxylic acids is 1. The van der Waals surface area contributed by atoms with Crippen LogP contribution in [0.4, 0.5) is 10.1 Å². The van der Waals surface area contributed by atoms with Crippen molar-refractivity contribution < 1.29 is 13.9 Å². The van der Waals surface area contributed by atoms with Crippen LogP contribution in [0, 0.1) is 17.1 Å². The monoisotopic (exact) mass is 293 g/mol. The smallest absolute Gasteiger partial charge is 0.357 e. The van der Waals surface area contributed by atoms with Crippen LogP contribution in [0.1, 0.15) is 16.1 Å². The van der Waals surface area contributed by atoms with Crippen LogP contribution in [0.5, 0.6) is 0 Å². The van der Waals surface area contributed by atoms with Gasteiger partial charge in [-0.1, -0.05) is 11.6 Å². The van der Waals surface area contributed by atoms with Gasteiger partial charge in [-0.3, -0.25) is 0 Å². The van der Waals surface area contributed by atoms with E-state index in [1.807, 2.05) is 6.07 Å². The SMILES string of the molecule is COC(=O)c1c(N)c(C#N)cn1-c1ccc(Cl)cc1F. The second-order valence-electron chi connectivity index (χ2n) is 3.87. The number of methoxy groups -OCH3 is 1. The van der Waals surface area contributed by atoms with Crippen molar-refractivity contribution in [1.29, 1.82) is 5.26 Å². The molecule has 0 atom stereocenters. The molecule has 1 aromatic heterocycles. The van der Waals surface area contributed by atoms with Crippen molar-refractivity contribution in [3.63, 3.8) is 0 Å². The Morgan fingerprint density at radius 1 is 1.55 bits per heavy atom. The second kappa shape index (κ2) is 5.23. The molecule has 1 aromatic carbocycles. The number of ether oxygens (including phenoxy) is 1. The summed E-state index contributed by atoms with van der Waals surface area (Å²) in [6, 6.07) is 5.77. The normalized spacial score (nSPS) is 10.1. The summed E-state index contributed by atoms with van der Waals surface area (Å²) in [5.41, 5.74) is 5.65. The van der Waals surface area contributed by atoms with Crippen LogP contribution >= 0.6 is 11.6 Å². The van der Waals surface area contributed by atoms with Gasteiger partial charge in [-0.25, -0.2) is 9.18 Å². The number of nitrogen functional groups attached to an aromatic ring is 1. The summed E-state index contributed by atoms with van der Waals surface area (Å²) in [6.45, 7) is 0. The first-order chi connectivity index (χ1) is 9.49. The zero-order valence-electron chi connectivity index (χ0n) is 10.4. The number of aromatic nitrogens is 1. The van der Waals surface area contributed by atoms with E-state index < -0.39 is 11.8 Å². The van der Waals surface area contributed by atoms with Crippen LogP contribution in [-0.4, -0.2) is 17.6 Å². The average Bonchev–Trinajstić information content (AvgIpc) is 2.74. The molecule has 5 nitrogen and oxygen atoms in total. The lowest BCUT2D eigenvalue weighted by Crippen LogP contribution is -2.11. The van der Waals surface area contributed by atoms with E-state index in [4.69, 9.17) is 22.6 Å². The molecule has 2 N–H and O–H groups in total. The molecule has 0 aliphatic heterocycles. The Labute approximate surface area is 118 Å². The molecule has 0 saturated heterocycles. The number of esters is 1. The molecule has 0 aliphatic rings. The minimum atomic E-state index is -0.765. The van der Waals surface area contributed by atoms with Crippen LogP contribution in [0.15, 0.2) is 24.4 Å². The number of hydrogen-bond acceptors (Lipinski definition) is 4. The van der Waals surface area contributed by atoms with E-state index in [1.165, 1.54) is 30.0 Å². The van der Waals surface area contributed by atoms with Crippen LogP contribution in [-0.2, 0) is 4.74 Å². The fourth-order valence-corrected chi connectivity index (χ4v) is 1.94. The molecular weight excluding hydrogens is 285 g/mol. The largest absolute Gasteiger partial charge is 0.464 e. The molecule has 0 amide bonds. The number of halogens is 2. The lowest BCUT2D eigenvalue weighted by molar-refractivity contribution is 0.0593. The van der Waals surface area contributed by atoms with Gasteiger partial charge in [0.05, 0.1) is 24.0 Å². The summed E-state index contributed by atoms with van der Waals surface area (Å²) in [5.74, 6) is -1.42. The third kappa shape index (κ3) is 2.19. The number of hydrogen-bond donors (Lipinski definition) is 1. The van der Waals surface area contributed by atoms with Crippen molar-refractivity contribution in [3.8, 4) is 11.8 Å². The molecule has 20 heavy (non-hydrogen) atoms. The molecule has 0 radical (unpaired) electrons. The van der Waals surface area contributed by atoms with E-state index in [0.717, 1.165) is 6.07 Å². The van der Waals surface area contributed by atoms with E-state index >= 15 is 0 Å². The van der Waals surface area contributed by atoms with E-state index in [9.17, 15) is 9.18 Å². The first-order valence-electron chi connectivity index (χ1n) is 5.44. The zero-order valence-corrected chi connectivity index (χ0v) is 11.1. The quantitative estimate of drug-likeness (QED) is 0.863. The highest BCUT2D eigenvalue weighted by molar-refractivity contribution is 6.30. The Morgan fingerprint density at radius 2 is 2.25 bits per heavy atom. The molecule has 1 heterocycles. The maximum Gasteiger partial charge on any atom is 0.357 e. The molecule has 0 saturated carbocycles. The fraction of sp³-hybridized carbons (Fsp3) is 0.0769. The van der Waals surface area contributed by atoms with Gasteiger partial charge in [0.15, 0.2) is 5.69 Å². The standard InChI is InChI=1S/C13H9ClFN3O2/c1-20-13(19)12-11(17)7(5-16)6-18(12)10-3-2-8(14)4-9(10)15/h2-4,6H,17H2,1H3.